The summed E-state index contributed by atoms with van der Waals surface area (Å²) in [5.74, 6) is 0. The Hall–Kier alpha value is 1.98. The van der Waals surface area contributed by atoms with E-state index in [4.69, 9.17) is 25.5 Å². The minimum Gasteiger partial charge on any atom is -0.780 e. The second-order valence-corrected chi connectivity index (χ2v) is 4.29. The summed E-state index contributed by atoms with van der Waals surface area (Å²) in [6.45, 7) is 0. The standard InChI is InChI=1S/C4H10N2S.2Na.H2O3S2/c1-5-4(7)6(2)3;;;1-5(2,3)4/h1-3H3,(H,5,7);;;(H2,1,2,3,4)/q;2*+1;/p-2. The van der Waals surface area contributed by atoms with Crippen LogP contribution in [0, 0.1) is 0 Å². The number of hydrogen-bond donors (Lipinski definition) is 1. The first kappa shape index (κ1) is 25.0. The van der Waals surface area contributed by atoms with Gasteiger partial charge < -0.3 is 19.3 Å². The molecule has 0 atom stereocenters. The van der Waals surface area contributed by atoms with Crippen LogP contribution in [0.1, 0.15) is 0 Å². The third-order valence-electron chi connectivity index (χ3n) is 0.620. The van der Waals surface area contributed by atoms with Gasteiger partial charge in [-0.1, -0.05) is 0 Å². The van der Waals surface area contributed by atoms with Crippen molar-refractivity contribution in [2.75, 3.05) is 21.1 Å². The molecular weight excluding hydrogens is 266 g/mol. The average molecular weight is 276 g/mol. The third kappa shape index (κ3) is 37.0. The first-order valence-corrected chi connectivity index (χ1v) is 5.48. The van der Waals surface area contributed by atoms with Gasteiger partial charge in [-0.2, -0.15) is 0 Å². The quantitative estimate of drug-likeness (QED) is 0.348. The summed E-state index contributed by atoms with van der Waals surface area (Å²) in [6.07, 6.45) is 0. The molecular formula is C4H10N2Na2O3S3. The van der Waals surface area contributed by atoms with Crippen molar-refractivity contribution in [3.05, 3.63) is 0 Å². The molecule has 0 fully saturated rings. The van der Waals surface area contributed by atoms with E-state index in [1.54, 1.807) is 0 Å². The molecule has 74 valence electrons. The van der Waals surface area contributed by atoms with E-state index in [2.05, 4.69) is 16.5 Å². The summed E-state index contributed by atoms with van der Waals surface area (Å²) < 4.78 is 26.7. The SMILES string of the molecule is CNC(=S)N(C)C.O=S([O-])([O-])=S.[Na+].[Na+]. The Kier molecular flexibility index (Phi) is 23.3. The molecule has 0 radical (unpaired) electrons. The number of hydrogen-bond acceptors (Lipinski definition) is 5. The van der Waals surface area contributed by atoms with Gasteiger partial charge in [0.05, 0.1) is 0 Å². The molecule has 0 aliphatic rings. The molecule has 0 aromatic carbocycles. The Morgan fingerprint density at radius 2 is 1.57 bits per heavy atom. The second kappa shape index (κ2) is 13.0. The van der Waals surface area contributed by atoms with E-state index in [0.717, 1.165) is 5.11 Å². The van der Waals surface area contributed by atoms with Crippen LogP contribution in [0.4, 0.5) is 0 Å². The van der Waals surface area contributed by atoms with Gasteiger partial charge in [0.15, 0.2) is 5.11 Å². The molecule has 1 N–H and O–H groups in total. The summed E-state index contributed by atoms with van der Waals surface area (Å²) >= 11 is 8.04. The van der Waals surface area contributed by atoms with Crippen LogP contribution in [-0.2, 0) is 20.2 Å². The number of nitrogens with zero attached hydrogens (tertiary/aromatic N) is 1. The van der Waals surface area contributed by atoms with Crippen molar-refractivity contribution >= 4 is 37.6 Å². The average Bonchev–Trinajstić information content (AvgIpc) is 1.82. The maximum absolute atomic E-state index is 8.89. The van der Waals surface area contributed by atoms with Crippen LogP contribution in [0.5, 0.6) is 0 Å². The predicted octanol–water partition coefficient (Wildman–Crippen LogP) is -6.95. The second-order valence-electron chi connectivity index (χ2n) is 1.86. The normalized spacial score (nSPS) is 8.07. The number of nitrogens with one attached hydrogen (secondary N) is 1. The zero-order valence-corrected chi connectivity index (χ0v) is 15.3. The summed E-state index contributed by atoms with van der Waals surface area (Å²) in [4.78, 5) is 1.84. The fourth-order valence-corrected chi connectivity index (χ4v) is 0.224. The third-order valence-corrected chi connectivity index (χ3v) is 1.19. The number of rotatable bonds is 0. The van der Waals surface area contributed by atoms with Crippen molar-refractivity contribution in [1.82, 2.24) is 10.2 Å². The summed E-state index contributed by atoms with van der Waals surface area (Å²) in [5, 5.41) is 3.59. The van der Waals surface area contributed by atoms with Crippen LogP contribution in [0.2, 0.25) is 0 Å². The van der Waals surface area contributed by atoms with Gasteiger partial charge in [0, 0.05) is 21.1 Å². The Morgan fingerprint density at radius 1 is 1.36 bits per heavy atom. The van der Waals surface area contributed by atoms with Crippen LogP contribution in [0.25, 0.3) is 0 Å². The molecule has 0 unspecified atom stereocenters. The summed E-state index contributed by atoms with van der Waals surface area (Å²) in [6, 6.07) is 0. The minimum atomic E-state index is -4.33. The van der Waals surface area contributed by atoms with Gasteiger partial charge in [-0.15, -0.1) is 9.05 Å². The molecule has 0 bridgehead atoms. The Labute approximate surface area is 139 Å². The largest absolute Gasteiger partial charge is 1.00 e. The van der Waals surface area contributed by atoms with E-state index in [0.29, 0.717) is 0 Å². The maximum atomic E-state index is 8.89. The van der Waals surface area contributed by atoms with Gasteiger partial charge in [0.25, 0.3) is 0 Å². The van der Waals surface area contributed by atoms with Crippen LogP contribution in [0.3, 0.4) is 0 Å². The van der Waals surface area contributed by atoms with Gasteiger partial charge in [-0.25, -0.2) is 0 Å². The minimum absolute atomic E-state index is 0. The molecule has 0 aromatic rings. The van der Waals surface area contributed by atoms with Crippen molar-refractivity contribution in [1.29, 1.82) is 0 Å². The zero-order chi connectivity index (χ0) is 10.4. The van der Waals surface area contributed by atoms with Crippen molar-refractivity contribution < 1.29 is 72.4 Å². The monoisotopic (exact) mass is 276 g/mol. The van der Waals surface area contributed by atoms with Crippen LogP contribution in [0.15, 0.2) is 0 Å². The van der Waals surface area contributed by atoms with Gasteiger partial charge >= 0.3 is 59.1 Å². The zero-order valence-electron chi connectivity index (χ0n) is 8.90. The molecule has 0 saturated carbocycles. The smallest absolute Gasteiger partial charge is 0.780 e. The molecule has 0 amide bonds. The summed E-state index contributed by atoms with van der Waals surface area (Å²) in [5.41, 5.74) is 0. The van der Waals surface area contributed by atoms with Gasteiger partial charge in [-0.05, 0) is 23.4 Å². The first-order chi connectivity index (χ1) is 5.18. The molecule has 0 saturated heterocycles. The van der Waals surface area contributed by atoms with Crippen molar-refractivity contribution in [3.8, 4) is 0 Å². The van der Waals surface area contributed by atoms with Gasteiger partial charge in [0.1, 0.15) is 0 Å². The summed E-state index contributed by atoms with van der Waals surface area (Å²) in [7, 11) is 1.28. The van der Waals surface area contributed by atoms with E-state index >= 15 is 0 Å². The molecule has 0 spiro atoms. The van der Waals surface area contributed by atoms with E-state index < -0.39 is 9.05 Å². The fraction of sp³-hybridized carbons (Fsp3) is 0.750. The van der Waals surface area contributed by atoms with E-state index in [1.807, 2.05) is 26.0 Å². The van der Waals surface area contributed by atoms with Crippen LogP contribution in [-0.4, -0.2) is 44.5 Å². The molecule has 10 heteroatoms. The van der Waals surface area contributed by atoms with Crippen molar-refractivity contribution in [2.24, 2.45) is 0 Å². The van der Waals surface area contributed by atoms with Gasteiger partial charge in [-0.3, -0.25) is 4.21 Å². The van der Waals surface area contributed by atoms with Gasteiger partial charge in [0.2, 0.25) is 0 Å². The van der Waals surface area contributed by atoms with Crippen LogP contribution < -0.4 is 64.4 Å². The van der Waals surface area contributed by atoms with Crippen molar-refractivity contribution in [3.63, 3.8) is 0 Å². The molecule has 0 aliphatic heterocycles. The maximum Gasteiger partial charge on any atom is 1.00 e. The topological polar surface area (TPSA) is 78.5 Å². The predicted molar refractivity (Wildman–Crippen MR) is 52.4 cm³/mol. The Morgan fingerprint density at radius 3 is 1.57 bits per heavy atom. The first-order valence-electron chi connectivity index (χ1n) is 2.74. The van der Waals surface area contributed by atoms with Crippen LogP contribution >= 0.6 is 12.2 Å². The van der Waals surface area contributed by atoms with E-state index in [1.165, 1.54) is 0 Å². The van der Waals surface area contributed by atoms with E-state index in [-0.39, 0.29) is 59.1 Å². The number of thiocarbonyl (C=S) groups is 1. The fourth-order valence-electron chi connectivity index (χ4n) is 0.224. The molecule has 0 heterocycles. The molecule has 0 rings (SSSR count). The molecule has 14 heavy (non-hydrogen) atoms. The molecule has 5 nitrogen and oxygen atoms in total. The van der Waals surface area contributed by atoms with Crippen molar-refractivity contribution in [2.45, 2.75) is 0 Å². The molecule has 0 aliphatic carbocycles. The molecule has 0 aromatic heterocycles. The Bertz CT molecular complexity index is 224. The van der Waals surface area contributed by atoms with E-state index in [9.17, 15) is 0 Å². The Balaban J connectivity index is -0.0000000651.